The Morgan fingerprint density at radius 2 is 1.90 bits per heavy atom. The second-order valence-electron chi connectivity index (χ2n) is 2.44. The van der Waals surface area contributed by atoms with Crippen LogP contribution in [0.15, 0.2) is 12.1 Å². The molecule has 0 aliphatic heterocycles. The van der Waals surface area contributed by atoms with E-state index in [0.717, 1.165) is 5.56 Å². The minimum atomic E-state index is -0.225. The van der Waals surface area contributed by atoms with E-state index in [0.29, 0.717) is 11.3 Å². The van der Waals surface area contributed by atoms with E-state index in [2.05, 4.69) is 0 Å². The van der Waals surface area contributed by atoms with Gasteiger partial charge in [0.25, 0.3) is 0 Å². The molecule has 0 heterocycles. The molecule has 2 heteroatoms. The lowest BCUT2D eigenvalue weighted by atomic mass is 10.1. The summed E-state index contributed by atoms with van der Waals surface area (Å²) >= 11 is 0. The maximum absolute atomic E-state index is 12.8. The van der Waals surface area contributed by atoms with Gasteiger partial charge in [-0.3, -0.25) is 0 Å². The summed E-state index contributed by atoms with van der Waals surface area (Å²) in [4.78, 5) is 0. The van der Waals surface area contributed by atoms with Crippen molar-refractivity contribution in [1.82, 2.24) is 0 Å². The maximum Gasteiger partial charge on any atom is 0.128 e. The van der Waals surface area contributed by atoms with E-state index >= 15 is 0 Å². The van der Waals surface area contributed by atoms with Gasteiger partial charge in [0.05, 0.1) is 0 Å². The molecule has 0 aliphatic rings. The van der Waals surface area contributed by atoms with Crippen molar-refractivity contribution in [2.24, 2.45) is 0 Å². The van der Waals surface area contributed by atoms with Gasteiger partial charge in [0.15, 0.2) is 0 Å². The zero-order valence-electron chi connectivity index (χ0n) is 6.11. The molecule has 0 saturated carbocycles. The second-order valence-corrected chi connectivity index (χ2v) is 2.44. The summed E-state index contributed by atoms with van der Waals surface area (Å²) in [6.45, 7) is 3.58. The van der Waals surface area contributed by atoms with Gasteiger partial charge in [-0.1, -0.05) is 0 Å². The molecule has 0 fully saturated rings. The topological polar surface area (TPSA) is 26.0 Å². The van der Waals surface area contributed by atoms with Crippen LogP contribution < -0.4 is 5.73 Å². The molecule has 0 amide bonds. The van der Waals surface area contributed by atoms with E-state index in [9.17, 15) is 4.39 Å². The summed E-state index contributed by atoms with van der Waals surface area (Å²) in [6, 6.07) is 3.10. The van der Waals surface area contributed by atoms with Gasteiger partial charge in [-0.05, 0) is 37.1 Å². The van der Waals surface area contributed by atoms with E-state index in [1.54, 1.807) is 13.0 Å². The molecule has 0 spiro atoms. The van der Waals surface area contributed by atoms with Crippen molar-refractivity contribution in [2.45, 2.75) is 13.8 Å². The first-order valence-electron chi connectivity index (χ1n) is 3.13. The Morgan fingerprint density at radius 3 is 2.40 bits per heavy atom. The molecule has 0 bridgehead atoms. The van der Waals surface area contributed by atoms with Crippen molar-refractivity contribution in [3.63, 3.8) is 0 Å². The van der Waals surface area contributed by atoms with Crippen LogP contribution in [-0.4, -0.2) is 0 Å². The number of hydrogen-bond donors (Lipinski definition) is 1. The van der Waals surface area contributed by atoms with Gasteiger partial charge < -0.3 is 5.73 Å². The summed E-state index contributed by atoms with van der Waals surface area (Å²) in [5, 5.41) is 0. The molecule has 0 aliphatic carbocycles. The fraction of sp³-hybridized carbons (Fsp3) is 0.250. The lowest BCUT2D eigenvalue weighted by Crippen LogP contribution is -1.91. The van der Waals surface area contributed by atoms with Crippen LogP contribution in [0.3, 0.4) is 0 Å². The van der Waals surface area contributed by atoms with Crippen LogP contribution in [0.4, 0.5) is 10.1 Å². The maximum atomic E-state index is 12.8. The lowest BCUT2D eigenvalue weighted by Gasteiger charge is -2.01. The lowest BCUT2D eigenvalue weighted by molar-refractivity contribution is 0.617. The SMILES string of the molecule is Cc1cc(N)cc(F)c1C. The van der Waals surface area contributed by atoms with Crippen LogP contribution in [0.25, 0.3) is 0 Å². The molecule has 0 unspecified atom stereocenters. The molecular weight excluding hydrogens is 129 g/mol. The van der Waals surface area contributed by atoms with E-state index in [-0.39, 0.29) is 5.82 Å². The summed E-state index contributed by atoms with van der Waals surface area (Å²) in [5.41, 5.74) is 7.45. The van der Waals surface area contributed by atoms with Crippen LogP contribution in [0, 0.1) is 19.7 Å². The predicted molar refractivity (Wildman–Crippen MR) is 40.3 cm³/mol. The summed E-state index contributed by atoms with van der Waals surface area (Å²) in [6.07, 6.45) is 0. The molecule has 1 rings (SSSR count). The van der Waals surface area contributed by atoms with Crippen molar-refractivity contribution in [3.05, 3.63) is 29.1 Å². The van der Waals surface area contributed by atoms with E-state index in [1.165, 1.54) is 6.07 Å². The molecule has 54 valence electrons. The fourth-order valence-corrected chi connectivity index (χ4v) is 0.843. The molecule has 0 radical (unpaired) electrons. The van der Waals surface area contributed by atoms with Crippen molar-refractivity contribution >= 4 is 5.69 Å². The highest BCUT2D eigenvalue weighted by Gasteiger charge is 2.00. The molecule has 1 aromatic rings. The Balaban J connectivity index is 3.31. The number of hydrogen-bond acceptors (Lipinski definition) is 1. The average molecular weight is 139 g/mol. The molecule has 0 saturated heterocycles. The Labute approximate surface area is 59.7 Å². The fourth-order valence-electron chi connectivity index (χ4n) is 0.843. The Bertz CT molecular complexity index is 232. The number of halogens is 1. The van der Waals surface area contributed by atoms with Crippen LogP contribution >= 0.6 is 0 Å². The number of aryl methyl sites for hydroxylation is 1. The molecule has 2 N–H and O–H groups in total. The number of anilines is 1. The molecule has 1 nitrogen and oxygen atoms in total. The smallest absolute Gasteiger partial charge is 0.128 e. The third kappa shape index (κ3) is 1.10. The largest absolute Gasteiger partial charge is 0.399 e. The van der Waals surface area contributed by atoms with E-state index in [1.807, 2.05) is 6.92 Å². The highest BCUT2D eigenvalue weighted by Crippen LogP contribution is 2.15. The molecule has 1 aromatic carbocycles. The van der Waals surface area contributed by atoms with Gasteiger partial charge in [-0.25, -0.2) is 4.39 Å². The first-order valence-corrected chi connectivity index (χ1v) is 3.13. The predicted octanol–water partition coefficient (Wildman–Crippen LogP) is 2.02. The molecule has 10 heavy (non-hydrogen) atoms. The molecule has 0 aromatic heterocycles. The van der Waals surface area contributed by atoms with Crippen LogP contribution in [-0.2, 0) is 0 Å². The first kappa shape index (κ1) is 7.06. The van der Waals surface area contributed by atoms with Crippen molar-refractivity contribution < 1.29 is 4.39 Å². The Hall–Kier alpha value is -1.05. The highest BCUT2D eigenvalue weighted by molar-refractivity contribution is 5.44. The van der Waals surface area contributed by atoms with E-state index in [4.69, 9.17) is 5.73 Å². The third-order valence-corrected chi connectivity index (χ3v) is 1.63. The van der Waals surface area contributed by atoms with Crippen LogP contribution in [0.5, 0.6) is 0 Å². The molecule has 0 atom stereocenters. The van der Waals surface area contributed by atoms with Crippen molar-refractivity contribution in [3.8, 4) is 0 Å². The van der Waals surface area contributed by atoms with Crippen molar-refractivity contribution in [1.29, 1.82) is 0 Å². The minimum Gasteiger partial charge on any atom is -0.399 e. The zero-order valence-corrected chi connectivity index (χ0v) is 6.11. The van der Waals surface area contributed by atoms with Crippen molar-refractivity contribution in [2.75, 3.05) is 5.73 Å². The number of rotatable bonds is 0. The highest BCUT2D eigenvalue weighted by atomic mass is 19.1. The standard InChI is InChI=1S/C8H10FN/c1-5-3-7(10)4-8(9)6(5)2/h3-4H,10H2,1-2H3. The zero-order chi connectivity index (χ0) is 7.72. The number of nitrogen functional groups attached to an aromatic ring is 1. The molecular formula is C8H10FN. The van der Waals surface area contributed by atoms with Crippen LogP contribution in [0.2, 0.25) is 0 Å². The summed E-state index contributed by atoms with van der Waals surface area (Å²) in [5.74, 6) is -0.225. The van der Waals surface area contributed by atoms with Gasteiger partial charge in [-0.15, -0.1) is 0 Å². The third-order valence-electron chi connectivity index (χ3n) is 1.63. The normalized spacial score (nSPS) is 9.90. The second kappa shape index (κ2) is 2.29. The van der Waals surface area contributed by atoms with Crippen LogP contribution in [0.1, 0.15) is 11.1 Å². The summed E-state index contributed by atoms with van der Waals surface area (Å²) < 4.78 is 12.8. The van der Waals surface area contributed by atoms with Gasteiger partial charge in [0.1, 0.15) is 5.82 Å². The monoisotopic (exact) mass is 139 g/mol. The Morgan fingerprint density at radius 1 is 1.30 bits per heavy atom. The number of benzene rings is 1. The Kier molecular flexibility index (Phi) is 1.62. The minimum absolute atomic E-state index is 0.225. The van der Waals surface area contributed by atoms with Gasteiger partial charge in [0.2, 0.25) is 0 Å². The van der Waals surface area contributed by atoms with Gasteiger partial charge >= 0.3 is 0 Å². The van der Waals surface area contributed by atoms with Gasteiger partial charge in [0, 0.05) is 5.69 Å². The van der Waals surface area contributed by atoms with Gasteiger partial charge in [-0.2, -0.15) is 0 Å². The first-order chi connectivity index (χ1) is 4.61. The number of nitrogens with two attached hydrogens (primary N) is 1. The quantitative estimate of drug-likeness (QED) is 0.547. The summed E-state index contributed by atoms with van der Waals surface area (Å²) in [7, 11) is 0. The van der Waals surface area contributed by atoms with E-state index < -0.39 is 0 Å². The average Bonchev–Trinajstić information content (AvgIpc) is 1.82.